The third kappa shape index (κ3) is 2.47. The molecule has 6 heteroatoms. The monoisotopic (exact) mass is 269 g/mol. The van der Waals surface area contributed by atoms with Gasteiger partial charge in [0.2, 0.25) is 0 Å². The molecule has 1 aromatic heterocycles. The van der Waals surface area contributed by atoms with E-state index >= 15 is 0 Å². The number of benzene rings is 1. The molecule has 18 heavy (non-hydrogen) atoms. The fourth-order valence-corrected chi connectivity index (χ4v) is 1.84. The standard InChI is InChI=1S/C12H13ClFN3O/c1-17-12(15)8(6-16-17)11(18)5-7-2-3-9(13)10(14)4-7/h2-4,6,11,18H,5,15H2,1H3. The average Bonchev–Trinajstić information content (AvgIpc) is 2.65. The number of halogens is 2. The molecule has 1 unspecified atom stereocenters. The van der Waals surface area contributed by atoms with Crippen molar-refractivity contribution in [2.45, 2.75) is 12.5 Å². The van der Waals surface area contributed by atoms with Gasteiger partial charge in [0.15, 0.2) is 0 Å². The highest BCUT2D eigenvalue weighted by Crippen LogP contribution is 2.24. The Morgan fingerprint density at radius 2 is 2.28 bits per heavy atom. The van der Waals surface area contributed by atoms with Gasteiger partial charge in [0.25, 0.3) is 0 Å². The molecule has 0 saturated carbocycles. The van der Waals surface area contributed by atoms with Crippen LogP contribution >= 0.6 is 11.6 Å². The molecule has 0 aliphatic carbocycles. The van der Waals surface area contributed by atoms with Crippen LogP contribution in [0.2, 0.25) is 5.02 Å². The number of aromatic nitrogens is 2. The van der Waals surface area contributed by atoms with Crippen LogP contribution in [0.3, 0.4) is 0 Å². The Hall–Kier alpha value is -1.59. The molecule has 0 radical (unpaired) electrons. The molecule has 1 atom stereocenters. The van der Waals surface area contributed by atoms with Crippen LogP contribution in [0.1, 0.15) is 17.2 Å². The van der Waals surface area contributed by atoms with E-state index in [4.69, 9.17) is 17.3 Å². The van der Waals surface area contributed by atoms with Gasteiger partial charge in [-0.05, 0) is 17.7 Å². The van der Waals surface area contributed by atoms with Gasteiger partial charge in [-0.15, -0.1) is 0 Å². The molecule has 2 aromatic rings. The molecular formula is C12H13ClFN3O. The summed E-state index contributed by atoms with van der Waals surface area (Å²) in [6.45, 7) is 0. The van der Waals surface area contributed by atoms with Crippen molar-refractivity contribution in [2.24, 2.45) is 7.05 Å². The third-order valence-electron chi connectivity index (χ3n) is 2.79. The van der Waals surface area contributed by atoms with Crippen molar-refractivity contribution >= 4 is 17.4 Å². The van der Waals surface area contributed by atoms with Crippen LogP contribution in [0.4, 0.5) is 10.2 Å². The maximum atomic E-state index is 13.3. The molecule has 2 rings (SSSR count). The minimum absolute atomic E-state index is 0.0640. The van der Waals surface area contributed by atoms with Gasteiger partial charge in [0.05, 0.1) is 17.3 Å². The summed E-state index contributed by atoms with van der Waals surface area (Å²) < 4.78 is 14.7. The van der Waals surface area contributed by atoms with E-state index in [1.54, 1.807) is 13.1 Å². The third-order valence-corrected chi connectivity index (χ3v) is 3.09. The molecule has 1 heterocycles. The van der Waals surface area contributed by atoms with Crippen molar-refractivity contribution in [1.82, 2.24) is 9.78 Å². The molecule has 0 spiro atoms. The Bertz CT molecular complexity index is 570. The van der Waals surface area contributed by atoms with Crippen molar-refractivity contribution in [1.29, 1.82) is 0 Å². The Morgan fingerprint density at radius 1 is 1.56 bits per heavy atom. The average molecular weight is 270 g/mol. The van der Waals surface area contributed by atoms with Crippen molar-refractivity contribution in [3.05, 3.63) is 46.4 Å². The number of anilines is 1. The molecule has 0 saturated heterocycles. The summed E-state index contributed by atoms with van der Waals surface area (Å²) >= 11 is 5.59. The van der Waals surface area contributed by atoms with Gasteiger partial charge < -0.3 is 10.8 Å². The summed E-state index contributed by atoms with van der Waals surface area (Å²) in [7, 11) is 1.69. The number of hydrogen-bond acceptors (Lipinski definition) is 3. The second-order valence-corrected chi connectivity index (χ2v) is 4.48. The Morgan fingerprint density at radius 3 is 2.83 bits per heavy atom. The minimum Gasteiger partial charge on any atom is -0.388 e. The molecule has 4 nitrogen and oxygen atoms in total. The number of nitrogens with zero attached hydrogens (tertiary/aromatic N) is 2. The van der Waals surface area contributed by atoms with Gasteiger partial charge in [-0.1, -0.05) is 17.7 Å². The lowest BCUT2D eigenvalue weighted by atomic mass is 10.0. The highest BCUT2D eigenvalue weighted by Gasteiger charge is 2.15. The first-order valence-corrected chi connectivity index (χ1v) is 5.76. The van der Waals surface area contributed by atoms with Gasteiger partial charge >= 0.3 is 0 Å². The molecular weight excluding hydrogens is 257 g/mol. The lowest BCUT2D eigenvalue weighted by molar-refractivity contribution is 0.179. The Kier molecular flexibility index (Phi) is 3.54. The van der Waals surface area contributed by atoms with Crippen LogP contribution in [0.25, 0.3) is 0 Å². The summed E-state index contributed by atoms with van der Waals surface area (Å²) in [5.41, 5.74) is 6.94. The molecule has 0 aliphatic heterocycles. The first-order chi connectivity index (χ1) is 8.49. The predicted octanol–water partition coefficient (Wildman–Crippen LogP) is 2.07. The number of hydrogen-bond donors (Lipinski definition) is 2. The summed E-state index contributed by atoms with van der Waals surface area (Å²) in [5.74, 6) is -0.0996. The van der Waals surface area contributed by atoms with Crippen LogP contribution in [0.5, 0.6) is 0 Å². The maximum absolute atomic E-state index is 13.3. The first-order valence-electron chi connectivity index (χ1n) is 5.38. The van der Waals surface area contributed by atoms with Crippen LogP contribution in [0, 0.1) is 5.82 Å². The van der Waals surface area contributed by atoms with E-state index in [9.17, 15) is 9.50 Å². The van der Waals surface area contributed by atoms with E-state index in [0.717, 1.165) is 0 Å². The van der Waals surface area contributed by atoms with E-state index < -0.39 is 11.9 Å². The van der Waals surface area contributed by atoms with Gasteiger partial charge in [0, 0.05) is 19.0 Å². The number of aliphatic hydroxyl groups is 1. The van der Waals surface area contributed by atoms with Crippen LogP contribution in [0.15, 0.2) is 24.4 Å². The quantitative estimate of drug-likeness (QED) is 0.897. The summed E-state index contributed by atoms with van der Waals surface area (Å²) in [6, 6.07) is 4.44. The molecule has 0 amide bonds. The molecule has 96 valence electrons. The lowest BCUT2D eigenvalue weighted by Crippen LogP contribution is -2.06. The van der Waals surface area contributed by atoms with Crippen LogP contribution in [-0.2, 0) is 13.5 Å². The summed E-state index contributed by atoms with van der Waals surface area (Å²) in [4.78, 5) is 0. The molecule has 0 aliphatic rings. The number of rotatable bonds is 3. The highest BCUT2D eigenvalue weighted by atomic mass is 35.5. The summed E-state index contributed by atoms with van der Waals surface area (Å²) in [5, 5.41) is 14.1. The SMILES string of the molecule is Cn1ncc(C(O)Cc2ccc(Cl)c(F)c2)c1N. The first kappa shape index (κ1) is 12.9. The fraction of sp³-hybridized carbons (Fsp3) is 0.250. The second kappa shape index (κ2) is 4.96. The molecule has 0 fully saturated rings. The van der Waals surface area contributed by atoms with E-state index in [-0.39, 0.29) is 11.4 Å². The van der Waals surface area contributed by atoms with E-state index in [1.807, 2.05) is 0 Å². The van der Waals surface area contributed by atoms with Gasteiger partial charge in [-0.3, -0.25) is 4.68 Å². The number of aliphatic hydroxyl groups excluding tert-OH is 1. The van der Waals surface area contributed by atoms with E-state index in [1.165, 1.54) is 23.0 Å². The van der Waals surface area contributed by atoms with Gasteiger partial charge in [0.1, 0.15) is 11.6 Å². The minimum atomic E-state index is -0.820. The maximum Gasteiger partial charge on any atom is 0.142 e. The predicted molar refractivity (Wildman–Crippen MR) is 67.7 cm³/mol. The van der Waals surface area contributed by atoms with E-state index in [2.05, 4.69) is 5.10 Å². The summed E-state index contributed by atoms with van der Waals surface area (Å²) in [6.07, 6.45) is 0.940. The molecule has 3 N–H and O–H groups in total. The second-order valence-electron chi connectivity index (χ2n) is 4.08. The molecule has 1 aromatic carbocycles. The molecule has 0 bridgehead atoms. The zero-order valence-electron chi connectivity index (χ0n) is 9.77. The fourth-order valence-electron chi connectivity index (χ4n) is 1.72. The topological polar surface area (TPSA) is 64.1 Å². The Labute approximate surface area is 109 Å². The van der Waals surface area contributed by atoms with Crippen LogP contribution in [-0.4, -0.2) is 14.9 Å². The van der Waals surface area contributed by atoms with Crippen molar-refractivity contribution < 1.29 is 9.50 Å². The van der Waals surface area contributed by atoms with E-state index in [0.29, 0.717) is 16.9 Å². The Balaban J connectivity index is 2.18. The lowest BCUT2D eigenvalue weighted by Gasteiger charge is -2.10. The zero-order valence-corrected chi connectivity index (χ0v) is 10.5. The van der Waals surface area contributed by atoms with Crippen molar-refractivity contribution in [3.63, 3.8) is 0 Å². The smallest absolute Gasteiger partial charge is 0.142 e. The largest absolute Gasteiger partial charge is 0.388 e. The van der Waals surface area contributed by atoms with Gasteiger partial charge in [-0.25, -0.2) is 4.39 Å². The van der Waals surface area contributed by atoms with Crippen molar-refractivity contribution in [2.75, 3.05) is 5.73 Å². The normalized spacial score (nSPS) is 12.7. The van der Waals surface area contributed by atoms with Crippen molar-refractivity contribution in [3.8, 4) is 0 Å². The number of nitrogens with two attached hydrogens (primary N) is 1. The number of aryl methyl sites for hydroxylation is 1. The van der Waals surface area contributed by atoms with Crippen LogP contribution < -0.4 is 5.73 Å². The number of nitrogen functional groups attached to an aromatic ring is 1. The van der Waals surface area contributed by atoms with Gasteiger partial charge in [-0.2, -0.15) is 5.10 Å². The zero-order chi connectivity index (χ0) is 13.3. The highest BCUT2D eigenvalue weighted by molar-refractivity contribution is 6.30.